The highest BCUT2D eigenvalue weighted by Gasteiger charge is 2.16. The van der Waals surface area contributed by atoms with E-state index in [-0.39, 0.29) is 0 Å². The van der Waals surface area contributed by atoms with E-state index in [4.69, 9.17) is 0 Å². The molecule has 2 aromatic rings. The molecule has 0 aliphatic heterocycles. The second-order valence-electron chi connectivity index (χ2n) is 7.19. The number of hydrogen-bond donors (Lipinski definition) is 0. The van der Waals surface area contributed by atoms with Gasteiger partial charge in [0, 0.05) is 12.6 Å². The summed E-state index contributed by atoms with van der Waals surface area (Å²) in [5, 5.41) is 0. The predicted octanol–water partition coefficient (Wildman–Crippen LogP) is 5.96. The Morgan fingerprint density at radius 1 is 0.750 bits per heavy atom. The lowest BCUT2D eigenvalue weighted by atomic mass is 9.97. The Balaban J connectivity index is 0.000000141. The molecule has 24 heavy (non-hydrogen) atoms. The molecule has 1 heterocycles. The van der Waals surface area contributed by atoms with Gasteiger partial charge >= 0.3 is 0 Å². The van der Waals surface area contributed by atoms with Crippen molar-refractivity contribution in [1.29, 1.82) is 0 Å². The van der Waals surface area contributed by atoms with E-state index in [0.29, 0.717) is 11.8 Å². The Morgan fingerprint density at radius 3 is 2.12 bits per heavy atom. The first-order chi connectivity index (χ1) is 11.6. The Bertz CT molecular complexity index is 711. The maximum Gasteiger partial charge on any atom is 0.0516 e. The zero-order chi connectivity index (χ0) is 17.1. The van der Waals surface area contributed by atoms with E-state index in [1.54, 1.807) is 0 Å². The molecule has 2 aliphatic carbocycles. The topological polar surface area (TPSA) is 12.9 Å². The van der Waals surface area contributed by atoms with E-state index in [1.807, 2.05) is 12.3 Å². The third-order valence-corrected chi connectivity index (χ3v) is 4.83. The average molecular weight is 317 g/mol. The Kier molecular flexibility index (Phi) is 4.99. The van der Waals surface area contributed by atoms with Gasteiger partial charge in [-0.3, -0.25) is 4.98 Å². The number of hydrogen-bond acceptors (Lipinski definition) is 1. The largest absolute Gasteiger partial charge is 0.260 e. The van der Waals surface area contributed by atoms with E-state index in [9.17, 15) is 0 Å². The van der Waals surface area contributed by atoms with Crippen molar-refractivity contribution < 1.29 is 0 Å². The summed E-state index contributed by atoms with van der Waals surface area (Å²) >= 11 is 0. The van der Waals surface area contributed by atoms with Crippen LogP contribution in [-0.2, 0) is 12.8 Å². The molecule has 4 rings (SSSR count). The minimum absolute atomic E-state index is 0.621. The van der Waals surface area contributed by atoms with Crippen LogP contribution in [0.15, 0.2) is 54.7 Å². The quantitative estimate of drug-likeness (QED) is 0.666. The van der Waals surface area contributed by atoms with Crippen LogP contribution in [0.3, 0.4) is 0 Å². The fourth-order valence-corrected chi connectivity index (χ4v) is 3.58. The molecule has 2 aliphatic rings. The van der Waals surface area contributed by atoms with Crippen LogP contribution in [0.1, 0.15) is 50.1 Å². The standard InChI is InChI=1S/C12H14.C11H13N/c1-9(2)11-8-7-10-5-3-4-6-12(10)11;1-8(2)9-5-6-11-10(9)4-3-7-12-11/h3-6,8-9H,7H2,1-2H3;3-5,7-8H,6H2,1-2H3. The van der Waals surface area contributed by atoms with Gasteiger partial charge in [0.2, 0.25) is 0 Å². The number of fused-ring (bicyclic) bond motifs is 2. The van der Waals surface area contributed by atoms with Crippen molar-refractivity contribution in [2.75, 3.05) is 0 Å². The minimum atomic E-state index is 0.621. The number of aromatic nitrogens is 1. The first-order valence-electron chi connectivity index (χ1n) is 9.00. The fraction of sp³-hybridized carbons (Fsp3) is 0.348. The summed E-state index contributed by atoms with van der Waals surface area (Å²) in [6, 6.07) is 12.9. The summed E-state index contributed by atoms with van der Waals surface area (Å²) in [7, 11) is 0. The molecule has 0 atom stereocenters. The molecule has 0 radical (unpaired) electrons. The van der Waals surface area contributed by atoms with Gasteiger partial charge in [-0.1, -0.05) is 70.2 Å². The van der Waals surface area contributed by atoms with Gasteiger partial charge in [-0.15, -0.1) is 0 Å². The highest BCUT2D eigenvalue weighted by molar-refractivity contribution is 5.74. The molecule has 124 valence electrons. The van der Waals surface area contributed by atoms with Gasteiger partial charge < -0.3 is 0 Å². The summed E-state index contributed by atoms with van der Waals surface area (Å²) in [6.07, 6.45) is 8.67. The lowest BCUT2D eigenvalue weighted by molar-refractivity contribution is 0.857. The van der Waals surface area contributed by atoms with Crippen LogP contribution in [0, 0.1) is 11.8 Å². The highest BCUT2D eigenvalue weighted by Crippen LogP contribution is 2.32. The van der Waals surface area contributed by atoms with Crippen molar-refractivity contribution in [2.45, 2.75) is 40.5 Å². The van der Waals surface area contributed by atoms with Crippen LogP contribution in [0.5, 0.6) is 0 Å². The van der Waals surface area contributed by atoms with E-state index in [0.717, 1.165) is 12.8 Å². The van der Waals surface area contributed by atoms with E-state index < -0.39 is 0 Å². The second-order valence-corrected chi connectivity index (χ2v) is 7.19. The maximum absolute atomic E-state index is 4.34. The zero-order valence-electron chi connectivity index (χ0n) is 15.2. The Morgan fingerprint density at radius 2 is 1.38 bits per heavy atom. The van der Waals surface area contributed by atoms with Crippen LogP contribution in [0.2, 0.25) is 0 Å². The van der Waals surface area contributed by atoms with Gasteiger partial charge in [-0.05, 0) is 52.2 Å². The molecule has 1 aromatic heterocycles. The van der Waals surface area contributed by atoms with Crippen molar-refractivity contribution in [3.63, 3.8) is 0 Å². The number of allylic oxidation sites excluding steroid dienone is 4. The van der Waals surface area contributed by atoms with Gasteiger partial charge in [0.1, 0.15) is 0 Å². The SMILES string of the molecule is CC(C)C1=CCc2ccccc21.CC(C)C1=CCc2ncccc21. The first kappa shape index (κ1) is 16.7. The smallest absolute Gasteiger partial charge is 0.0516 e. The van der Waals surface area contributed by atoms with Gasteiger partial charge in [0.25, 0.3) is 0 Å². The average Bonchev–Trinajstić information content (AvgIpc) is 3.19. The second kappa shape index (κ2) is 7.17. The maximum atomic E-state index is 4.34. The summed E-state index contributed by atoms with van der Waals surface area (Å²) in [5.41, 5.74) is 8.52. The monoisotopic (exact) mass is 317 g/mol. The number of pyridine rings is 1. The third kappa shape index (κ3) is 3.36. The van der Waals surface area contributed by atoms with Crippen molar-refractivity contribution in [1.82, 2.24) is 4.98 Å². The van der Waals surface area contributed by atoms with Crippen molar-refractivity contribution in [3.05, 3.63) is 77.1 Å². The molecule has 0 unspecified atom stereocenters. The number of benzene rings is 1. The molecular formula is C23H27N. The normalized spacial score (nSPS) is 14.8. The molecule has 1 heteroatoms. The molecule has 0 saturated heterocycles. The molecule has 0 amide bonds. The highest BCUT2D eigenvalue weighted by atomic mass is 14.7. The molecular weight excluding hydrogens is 290 g/mol. The first-order valence-corrected chi connectivity index (χ1v) is 9.00. The number of rotatable bonds is 2. The van der Waals surface area contributed by atoms with Crippen molar-refractivity contribution in [3.8, 4) is 0 Å². The third-order valence-electron chi connectivity index (χ3n) is 4.83. The van der Waals surface area contributed by atoms with Gasteiger partial charge in [-0.2, -0.15) is 0 Å². The Labute approximate surface area is 146 Å². The van der Waals surface area contributed by atoms with Crippen LogP contribution in [-0.4, -0.2) is 4.98 Å². The van der Waals surface area contributed by atoms with Crippen molar-refractivity contribution >= 4 is 11.1 Å². The molecule has 0 N–H and O–H groups in total. The lowest BCUT2D eigenvalue weighted by Crippen LogP contribution is -1.92. The summed E-state index contributed by atoms with van der Waals surface area (Å²) in [5.74, 6) is 1.28. The Hall–Kier alpha value is -2.15. The summed E-state index contributed by atoms with van der Waals surface area (Å²) < 4.78 is 0. The zero-order valence-corrected chi connectivity index (χ0v) is 15.2. The number of nitrogens with zero attached hydrogens (tertiary/aromatic N) is 1. The van der Waals surface area contributed by atoms with Gasteiger partial charge in [0.15, 0.2) is 0 Å². The summed E-state index contributed by atoms with van der Waals surface area (Å²) in [4.78, 5) is 4.34. The molecule has 0 saturated carbocycles. The van der Waals surface area contributed by atoms with Crippen LogP contribution in [0.4, 0.5) is 0 Å². The minimum Gasteiger partial charge on any atom is -0.260 e. The van der Waals surface area contributed by atoms with Crippen LogP contribution >= 0.6 is 0 Å². The molecule has 1 aromatic carbocycles. The van der Waals surface area contributed by atoms with E-state index in [2.05, 4.69) is 75.2 Å². The van der Waals surface area contributed by atoms with E-state index >= 15 is 0 Å². The molecule has 0 bridgehead atoms. The lowest BCUT2D eigenvalue weighted by Gasteiger charge is -2.08. The summed E-state index contributed by atoms with van der Waals surface area (Å²) in [6.45, 7) is 8.98. The fourth-order valence-electron chi connectivity index (χ4n) is 3.58. The molecule has 0 spiro atoms. The van der Waals surface area contributed by atoms with Crippen LogP contribution < -0.4 is 0 Å². The molecule has 0 fully saturated rings. The van der Waals surface area contributed by atoms with Gasteiger partial charge in [0.05, 0.1) is 5.69 Å². The van der Waals surface area contributed by atoms with Crippen LogP contribution in [0.25, 0.3) is 11.1 Å². The molecule has 1 nitrogen and oxygen atoms in total. The van der Waals surface area contributed by atoms with E-state index in [1.165, 1.54) is 33.5 Å². The van der Waals surface area contributed by atoms with Crippen molar-refractivity contribution in [2.24, 2.45) is 11.8 Å². The predicted molar refractivity (Wildman–Crippen MR) is 104 cm³/mol. The van der Waals surface area contributed by atoms with Gasteiger partial charge in [-0.25, -0.2) is 0 Å².